The smallest absolute Gasteiger partial charge is 0.251 e. The second kappa shape index (κ2) is 9.22. The van der Waals surface area contributed by atoms with E-state index in [4.69, 9.17) is 5.73 Å². The number of rotatable bonds is 6. The monoisotopic (exact) mass is 402 g/mol. The third kappa shape index (κ3) is 6.58. The van der Waals surface area contributed by atoms with Crippen LogP contribution in [0.15, 0.2) is 51.9 Å². The summed E-state index contributed by atoms with van der Waals surface area (Å²) in [7, 11) is 0. The first-order valence-corrected chi connectivity index (χ1v) is 8.92. The minimum absolute atomic E-state index is 0.0911. The van der Waals surface area contributed by atoms with E-state index in [0.29, 0.717) is 24.6 Å². The number of carbonyl (C=O) groups excluding carboxylic acids is 1. The number of aryl methyl sites for hydroxylation is 2. The number of guanidine groups is 1. The number of amides is 1. The predicted octanol–water partition coefficient (Wildman–Crippen LogP) is 3.61. The largest absolute Gasteiger partial charge is 0.370 e. The fraction of sp³-hybridized carbons (Fsp3) is 0.263. The van der Waals surface area contributed by atoms with Gasteiger partial charge in [0.2, 0.25) is 0 Å². The van der Waals surface area contributed by atoms with Gasteiger partial charge < -0.3 is 16.4 Å². The van der Waals surface area contributed by atoms with Crippen LogP contribution in [0.2, 0.25) is 0 Å². The van der Waals surface area contributed by atoms with Crippen molar-refractivity contribution >= 4 is 33.5 Å². The minimum atomic E-state index is -0.0911. The Balaban J connectivity index is 1.74. The number of hydrogen-bond acceptors (Lipinski definition) is 2. The summed E-state index contributed by atoms with van der Waals surface area (Å²) >= 11 is 3.36. The lowest BCUT2D eigenvalue weighted by molar-refractivity contribution is 0.0953. The van der Waals surface area contributed by atoms with Crippen LogP contribution in [-0.4, -0.2) is 25.0 Å². The highest BCUT2D eigenvalue weighted by Gasteiger charge is 2.04. The second-order valence-electron chi connectivity index (χ2n) is 5.89. The van der Waals surface area contributed by atoms with Gasteiger partial charge in [-0.2, -0.15) is 0 Å². The van der Waals surface area contributed by atoms with E-state index in [-0.39, 0.29) is 5.91 Å². The molecule has 0 saturated carbocycles. The Morgan fingerprint density at radius 3 is 2.56 bits per heavy atom. The number of anilines is 1. The van der Waals surface area contributed by atoms with Gasteiger partial charge in [-0.1, -0.05) is 28.1 Å². The van der Waals surface area contributed by atoms with Gasteiger partial charge in [0.05, 0.1) is 0 Å². The van der Waals surface area contributed by atoms with Crippen LogP contribution in [0.5, 0.6) is 0 Å². The van der Waals surface area contributed by atoms with Crippen molar-refractivity contribution in [1.82, 2.24) is 5.32 Å². The molecule has 1 amide bonds. The van der Waals surface area contributed by atoms with Crippen molar-refractivity contribution in [1.29, 1.82) is 0 Å². The molecule has 0 unspecified atom stereocenters. The molecule has 6 heteroatoms. The van der Waals surface area contributed by atoms with E-state index < -0.39 is 0 Å². The Bertz CT molecular complexity index is 754. The molecule has 2 aromatic rings. The van der Waals surface area contributed by atoms with Gasteiger partial charge in [0.25, 0.3) is 5.91 Å². The summed E-state index contributed by atoms with van der Waals surface area (Å²) in [6.07, 6.45) is 0.717. The van der Waals surface area contributed by atoms with E-state index >= 15 is 0 Å². The molecule has 4 N–H and O–H groups in total. The van der Waals surface area contributed by atoms with Crippen LogP contribution < -0.4 is 16.4 Å². The van der Waals surface area contributed by atoms with E-state index in [1.807, 2.05) is 38.1 Å². The highest BCUT2D eigenvalue weighted by molar-refractivity contribution is 9.10. The van der Waals surface area contributed by atoms with Crippen LogP contribution in [0.1, 0.15) is 27.9 Å². The summed E-state index contributed by atoms with van der Waals surface area (Å²) in [5.74, 6) is 0.287. The van der Waals surface area contributed by atoms with E-state index in [1.165, 1.54) is 11.1 Å². The highest BCUT2D eigenvalue weighted by Crippen LogP contribution is 2.13. The van der Waals surface area contributed by atoms with Gasteiger partial charge >= 0.3 is 0 Å². The fourth-order valence-electron chi connectivity index (χ4n) is 2.45. The molecule has 2 rings (SSSR count). The van der Waals surface area contributed by atoms with E-state index in [9.17, 15) is 4.79 Å². The lowest BCUT2D eigenvalue weighted by Crippen LogP contribution is -2.26. The van der Waals surface area contributed by atoms with Crippen molar-refractivity contribution in [2.24, 2.45) is 10.7 Å². The van der Waals surface area contributed by atoms with Gasteiger partial charge in [0.1, 0.15) is 0 Å². The molecule has 0 atom stereocenters. The normalized spacial score (nSPS) is 11.2. The maximum Gasteiger partial charge on any atom is 0.251 e. The van der Waals surface area contributed by atoms with Gasteiger partial charge in [-0.3, -0.25) is 9.79 Å². The summed E-state index contributed by atoms with van der Waals surface area (Å²) in [4.78, 5) is 16.3. The Kier molecular flexibility index (Phi) is 7.01. The number of nitrogens with zero attached hydrogens (tertiary/aromatic N) is 1. The Morgan fingerprint density at radius 2 is 1.88 bits per heavy atom. The van der Waals surface area contributed by atoms with Crippen molar-refractivity contribution < 1.29 is 4.79 Å². The number of nitrogens with two attached hydrogens (primary N) is 1. The van der Waals surface area contributed by atoms with Crippen LogP contribution in [0.4, 0.5) is 5.69 Å². The number of nitrogens with one attached hydrogen (secondary N) is 2. The van der Waals surface area contributed by atoms with E-state index in [2.05, 4.69) is 37.6 Å². The lowest BCUT2D eigenvalue weighted by atomic mass is 10.1. The molecule has 0 saturated heterocycles. The minimum Gasteiger partial charge on any atom is -0.370 e. The Morgan fingerprint density at radius 1 is 1.16 bits per heavy atom. The van der Waals surface area contributed by atoms with Gasteiger partial charge in [0, 0.05) is 28.8 Å². The predicted molar refractivity (Wildman–Crippen MR) is 107 cm³/mol. The number of carbonyl (C=O) groups is 1. The maximum atomic E-state index is 12.0. The average molecular weight is 403 g/mol. The lowest BCUT2D eigenvalue weighted by Gasteiger charge is -2.08. The Labute approximate surface area is 156 Å². The summed E-state index contributed by atoms with van der Waals surface area (Å²) in [5, 5.41) is 5.96. The molecule has 5 nitrogen and oxygen atoms in total. The average Bonchev–Trinajstić information content (AvgIpc) is 2.53. The number of benzene rings is 2. The third-order valence-electron chi connectivity index (χ3n) is 3.48. The molecule has 0 radical (unpaired) electrons. The van der Waals surface area contributed by atoms with Gasteiger partial charge in [-0.15, -0.1) is 0 Å². The summed E-state index contributed by atoms with van der Waals surface area (Å²) in [5.41, 5.74) is 9.81. The third-order valence-corrected chi connectivity index (χ3v) is 3.98. The molecule has 0 bridgehead atoms. The first-order valence-electron chi connectivity index (χ1n) is 8.13. The van der Waals surface area contributed by atoms with E-state index in [1.54, 1.807) is 12.1 Å². The van der Waals surface area contributed by atoms with Crippen LogP contribution in [0.25, 0.3) is 0 Å². The SMILES string of the molecule is Cc1cc(C)cc(NC(N)=NCCCNC(=O)c2cccc(Br)c2)c1. The van der Waals surface area contributed by atoms with Crippen LogP contribution in [0, 0.1) is 13.8 Å². The van der Waals surface area contributed by atoms with Crippen LogP contribution >= 0.6 is 15.9 Å². The van der Waals surface area contributed by atoms with Crippen LogP contribution in [-0.2, 0) is 0 Å². The molecular weight excluding hydrogens is 380 g/mol. The molecule has 0 aromatic heterocycles. The van der Waals surface area contributed by atoms with E-state index in [0.717, 1.165) is 16.6 Å². The quantitative estimate of drug-likeness (QED) is 0.392. The summed E-state index contributed by atoms with van der Waals surface area (Å²) < 4.78 is 0.884. The van der Waals surface area contributed by atoms with Crippen molar-refractivity contribution in [3.63, 3.8) is 0 Å². The number of halogens is 1. The van der Waals surface area contributed by atoms with Crippen molar-refractivity contribution in [2.75, 3.05) is 18.4 Å². The molecule has 0 heterocycles. The molecule has 0 fully saturated rings. The maximum absolute atomic E-state index is 12.0. The second-order valence-corrected chi connectivity index (χ2v) is 6.80. The fourth-order valence-corrected chi connectivity index (χ4v) is 2.85. The van der Waals surface area contributed by atoms with Gasteiger partial charge in [0.15, 0.2) is 5.96 Å². The Hall–Kier alpha value is -2.34. The first-order chi connectivity index (χ1) is 11.9. The number of hydrogen-bond donors (Lipinski definition) is 3. The highest BCUT2D eigenvalue weighted by atomic mass is 79.9. The van der Waals surface area contributed by atoms with Crippen molar-refractivity contribution in [3.8, 4) is 0 Å². The van der Waals surface area contributed by atoms with Crippen molar-refractivity contribution in [3.05, 3.63) is 63.6 Å². The van der Waals surface area contributed by atoms with Crippen LogP contribution in [0.3, 0.4) is 0 Å². The molecule has 132 valence electrons. The molecule has 25 heavy (non-hydrogen) atoms. The molecule has 0 aliphatic heterocycles. The number of aliphatic imine (C=N–C) groups is 1. The molecule has 0 aliphatic rings. The zero-order chi connectivity index (χ0) is 18.2. The van der Waals surface area contributed by atoms with Gasteiger partial charge in [-0.05, 0) is 61.7 Å². The standard InChI is InChI=1S/C19H23BrN4O/c1-13-9-14(2)11-17(10-13)24-19(21)23-8-4-7-22-18(25)15-5-3-6-16(20)12-15/h3,5-6,9-12H,4,7-8H2,1-2H3,(H,22,25)(H3,21,23,24). The molecule has 0 spiro atoms. The van der Waals surface area contributed by atoms with Crippen molar-refractivity contribution in [2.45, 2.75) is 20.3 Å². The van der Waals surface area contributed by atoms with Gasteiger partial charge in [-0.25, -0.2) is 0 Å². The molecular formula is C19H23BrN4O. The summed E-state index contributed by atoms with van der Waals surface area (Å²) in [6.45, 7) is 5.17. The molecule has 2 aromatic carbocycles. The zero-order valence-electron chi connectivity index (χ0n) is 14.5. The zero-order valence-corrected chi connectivity index (χ0v) is 16.1. The topological polar surface area (TPSA) is 79.5 Å². The molecule has 0 aliphatic carbocycles. The summed E-state index contributed by atoms with van der Waals surface area (Å²) in [6, 6.07) is 13.4. The first kappa shape index (κ1) is 19.0.